The molecule has 0 fully saturated rings. The number of nitrogens with two attached hydrogens (primary N) is 1. The smallest absolute Gasteiger partial charge is 0.384 e. The van der Waals surface area contributed by atoms with Crippen LogP contribution >= 0.6 is 0 Å². The molecule has 0 saturated carbocycles. The summed E-state index contributed by atoms with van der Waals surface area (Å²) >= 11 is 0. The highest BCUT2D eigenvalue weighted by molar-refractivity contribution is 7.92. The highest BCUT2D eigenvalue weighted by Gasteiger charge is 2.47. The molecule has 4 nitrogen and oxygen atoms in total. The molecule has 0 aromatic heterocycles. The Labute approximate surface area is 109 Å². The van der Waals surface area contributed by atoms with Crippen LogP contribution in [0.25, 0.3) is 0 Å². The zero-order valence-electron chi connectivity index (χ0n) is 10.1. The zero-order valence-corrected chi connectivity index (χ0v) is 10.9. The van der Waals surface area contributed by atoms with Crippen LogP contribution in [0.5, 0.6) is 0 Å². The summed E-state index contributed by atoms with van der Waals surface area (Å²) in [6, 6.07) is 4.97. The number of anilines is 1. The second-order valence-electron chi connectivity index (χ2n) is 3.87. The Morgan fingerprint density at radius 3 is 2.37 bits per heavy atom. The third kappa shape index (κ3) is 3.84. The fourth-order valence-corrected chi connectivity index (χ4v) is 2.40. The number of rotatable bonds is 6. The largest absolute Gasteiger partial charge is 0.501 e. The Hall–Kier alpha value is -1.28. The molecule has 0 spiro atoms. The van der Waals surface area contributed by atoms with Crippen LogP contribution in [0.4, 0.5) is 18.9 Å². The molecule has 108 valence electrons. The van der Waals surface area contributed by atoms with Gasteiger partial charge in [-0.2, -0.15) is 13.2 Å². The predicted octanol–water partition coefficient (Wildman–Crippen LogP) is 2.13. The number of benzene rings is 1. The van der Waals surface area contributed by atoms with E-state index >= 15 is 0 Å². The first kappa shape index (κ1) is 15.8. The van der Waals surface area contributed by atoms with E-state index in [9.17, 15) is 21.6 Å². The van der Waals surface area contributed by atoms with Gasteiger partial charge in [0, 0.05) is 6.54 Å². The molecule has 0 heterocycles. The number of sulfone groups is 1. The first-order chi connectivity index (χ1) is 8.80. The molecule has 1 aromatic rings. The number of nitrogens with one attached hydrogen (secondary N) is 1. The van der Waals surface area contributed by atoms with Crippen LogP contribution in [0.1, 0.15) is 12.8 Å². The number of unbranched alkanes of at least 4 members (excludes halogenated alkanes) is 1. The van der Waals surface area contributed by atoms with Crippen molar-refractivity contribution in [2.45, 2.75) is 23.2 Å². The molecule has 0 aliphatic carbocycles. The first-order valence-electron chi connectivity index (χ1n) is 5.65. The fraction of sp³-hybridized carbons (Fsp3) is 0.455. The minimum Gasteiger partial charge on any atom is -0.384 e. The van der Waals surface area contributed by atoms with Gasteiger partial charge in [-0.3, -0.25) is 0 Å². The summed E-state index contributed by atoms with van der Waals surface area (Å²) in [5, 5.41) is 2.69. The van der Waals surface area contributed by atoms with Crippen molar-refractivity contribution < 1.29 is 21.6 Å². The van der Waals surface area contributed by atoms with Crippen molar-refractivity contribution in [2.75, 3.05) is 18.4 Å². The fourth-order valence-electron chi connectivity index (χ4n) is 1.46. The lowest BCUT2D eigenvalue weighted by Gasteiger charge is -2.13. The van der Waals surface area contributed by atoms with Crippen molar-refractivity contribution in [1.82, 2.24) is 0 Å². The maximum Gasteiger partial charge on any atom is 0.501 e. The molecule has 0 atom stereocenters. The monoisotopic (exact) mass is 296 g/mol. The summed E-state index contributed by atoms with van der Waals surface area (Å²) in [5.74, 6) is 0. The number of alkyl halides is 3. The molecule has 1 rings (SSSR count). The summed E-state index contributed by atoms with van der Waals surface area (Å²) in [6.07, 6.45) is 1.36. The quantitative estimate of drug-likeness (QED) is 0.789. The van der Waals surface area contributed by atoms with Crippen LogP contribution in [0.2, 0.25) is 0 Å². The van der Waals surface area contributed by atoms with Gasteiger partial charge in [0.05, 0.1) is 10.6 Å². The van der Waals surface area contributed by atoms with Gasteiger partial charge in [0.25, 0.3) is 9.84 Å². The van der Waals surface area contributed by atoms with Crippen molar-refractivity contribution in [3.05, 3.63) is 24.3 Å². The van der Waals surface area contributed by atoms with E-state index in [0.717, 1.165) is 6.07 Å². The summed E-state index contributed by atoms with van der Waals surface area (Å²) < 4.78 is 60.3. The Bertz CT molecular complexity index is 515. The van der Waals surface area contributed by atoms with Crippen molar-refractivity contribution in [2.24, 2.45) is 5.73 Å². The van der Waals surface area contributed by atoms with Gasteiger partial charge in [-0.1, -0.05) is 12.1 Å². The summed E-state index contributed by atoms with van der Waals surface area (Å²) in [7, 11) is -5.34. The minimum absolute atomic E-state index is 0.0446. The second kappa shape index (κ2) is 6.25. The van der Waals surface area contributed by atoms with Crippen LogP contribution in [0.15, 0.2) is 29.2 Å². The van der Waals surface area contributed by atoms with E-state index in [4.69, 9.17) is 5.73 Å². The molecule has 0 aliphatic heterocycles. The maximum atomic E-state index is 12.5. The minimum atomic E-state index is -5.34. The third-order valence-electron chi connectivity index (χ3n) is 2.43. The molecule has 0 bridgehead atoms. The van der Waals surface area contributed by atoms with Gasteiger partial charge in [-0.05, 0) is 31.5 Å². The van der Waals surface area contributed by atoms with E-state index in [-0.39, 0.29) is 5.69 Å². The normalized spacial score (nSPS) is 12.4. The molecule has 0 saturated heterocycles. The van der Waals surface area contributed by atoms with Crippen LogP contribution in [0.3, 0.4) is 0 Å². The number of hydrogen-bond acceptors (Lipinski definition) is 4. The second-order valence-corrected chi connectivity index (χ2v) is 5.78. The highest BCUT2D eigenvalue weighted by atomic mass is 32.2. The molecule has 0 unspecified atom stereocenters. The number of hydrogen-bond donors (Lipinski definition) is 2. The lowest BCUT2D eigenvalue weighted by atomic mass is 10.3. The average Bonchev–Trinajstić information content (AvgIpc) is 2.34. The molecular weight excluding hydrogens is 281 g/mol. The Morgan fingerprint density at radius 2 is 1.79 bits per heavy atom. The molecule has 0 aliphatic rings. The topological polar surface area (TPSA) is 72.2 Å². The highest BCUT2D eigenvalue weighted by Crippen LogP contribution is 2.34. The van der Waals surface area contributed by atoms with Gasteiger partial charge < -0.3 is 11.1 Å². The average molecular weight is 296 g/mol. The predicted molar refractivity (Wildman–Crippen MR) is 66.5 cm³/mol. The first-order valence-corrected chi connectivity index (χ1v) is 7.13. The summed E-state index contributed by atoms with van der Waals surface area (Å²) in [4.78, 5) is -0.754. The standard InChI is InChI=1S/C11H15F3N2O2S/c12-11(13,14)19(17,18)10-6-2-1-5-9(10)16-8-4-3-7-15/h1-2,5-6,16H,3-4,7-8,15H2. The Morgan fingerprint density at radius 1 is 1.16 bits per heavy atom. The van der Waals surface area contributed by atoms with E-state index in [1.165, 1.54) is 18.2 Å². The van der Waals surface area contributed by atoms with Gasteiger partial charge in [-0.25, -0.2) is 8.42 Å². The van der Waals surface area contributed by atoms with E-state index in [1.807, 2.05) is 0 Å². The summed E-state index contributed by atoms with van der Waals surface area (Å²) in [6.45, 7) is 0.839. The van der Waals surface area contributed by atoms with E-state index in [0.29, 0.717) is 25.9 Å². The maximum absolute atomic E-state index is 12.5. The van der Waals surface area contributed by atoms with Crippen molar-refractivity contribution in [1.29, 1.82) is 0 Å². The number of para-hydroxylation sites is 1. The van der Waals surface area contributed by atoms with Gasteiger partial charge in [0.1, 0.15) is 0 Å². The zero-order chi connectivity index (χ0) is 14.5. The SMILES string of the molecule is NCCCCNc1ccccc1S(=O)(=O)C(F)(F)F. The van der Waals surface area contributed by atoms with Crippen molar-refractivity contribution >= 4 is 15.5 Å². The van der Waals surface area contributed by atoms with Crippen molar-refractivity contribution in [3.63, 3.8) is 0 Å². The lowest BCUT2D eigenvalue weighted by molar-refractivity contribution is -0.0435. The van der Waals surface area contributed by atoms with Crippen LogP contribution < -0.4 is 11.1 Å². The van der Waals surface area contributed by atoms with Gasteiger partial charge >= 0.3 is 5.51 Å². The van der Waals surface area contributed by atoms with E-state index in [1.54, 1.807) is 0 Å². The Kier molecular flexibility index (Phi) is 5.19. The van der Waals surface area contributed by atoms with Crippen molar-refractivity contribution in [3.8, 4) is 0 Å². The Balaban J connectivity index is 2.97. The third-order valence-corrected chi connectivity index (χ3v) is 3.97. The van der Waals surface area contributed by atoms with Crippen LogP contribution in [-0.4, -0.2) is 27.0 Å². The molecule has 0 amide bonds. The lowest BCUT2D eigenvalue weighted by Crippen LogP contribution is -2.24. The molecule has 8 heteroatoms. The molecule has 3 N–H and O–H groups in total. The van der Waals surface area contributed by atoms with Gasteiger partial charge in [0.15, 0.2) is 0 Å². The summed E-state index contributed by atoms with van der Waals surface area (Å²) in [5.41, 5.74) is -0.0563. The van der Waals surface area contributed by atoms with Crippen LogP contribution in [-0.2, 0) is 9.84 Å². The molecular formula is C11H15F3N2O2S. The number of halogens is 3. The van der Waals surface area contributed by atoms with Gasteiger partial charge in [0.2, 0.25) is 0 Å². The molecule has 19 heavy (non-hydrogen) atoms. The molecule has 1 aromatic carbocycles. The van der Waals surface area contributed by atoms with E-state index < -0.39 is 20.2 Å². The molecule has 0 radical (unpaired) electrons. The van der Waals surface area contributed by atoms with Gasteiger partial charge in [-0.15, -0.1) is 0 Å². The van der Waals surface area contributed by atoms with Crippen LogP contribution in [0, 0.1) is 0 Å². The van der Waals surface area contributed by atoms with E-state index in [2.05, 4.69) is 5.32 Å².